The molecule has 19 heavy (non-hydrogen) atoms. The Labute approximate surface area is 125 Å². The maximum atomic E-state index is 12.2. The first kappa shape index (κ1) is 17.0. The van der Waals surface area contributed by atoms with Crippen LogP contribution in [-0.2, 0) is 25.7 Å². The molecule has 0 saturated heterocycles. The lowest BCUT2D eigenvalue weighted by Crippen LogP contribution is -2.31. The van der Waals surface area contributed by atoms with E-state index in [-0.39, 0.29) is 27.7 Å². The zero-order chi connectivity index (χ0) is 14.8. The van der Waals surface area contributed by atoms with Crippen LogP contribution in [-0.4, -0.2) is 46.7 Å². The summed E-state index contributed by atoms with van der Waals surface area (Å²) in [5.41, 5.74) is 0. The van der Waals surface area contributed by atoms with Crippen molar-refractivity contribution in [1.29, 1.82) is 0 Å². The van der Waals surface area contributed by atoms with E-state index in [1.165, 1.54) is 13.1 Å². The highest BCUT2D eigenvalue weighted by Crippen LogP contribution is 2.28. The largest absolute Gasteiger partial charge is 0.452 e. The van der Waals surface area contributed by atoms with E-state index in [2.05, 4.69) is 15.9 Å². The highest BCUT2D eigenvalue weighted by atomic mass is 79.9. The minimum Gasteiger partial charge on any atom is -0.452 e. The van der Waals surface area contributed by atoms with Crippen LogP contribution in [0.15, 0.2) is 20.0 Å². The van der Waals surface area contributed by atoms with Gasteiger partial charge in [0.05, 0.1) is 11.6 Å². The lowest BCUT2D eigenvalue weighted by molar-refractivity contribution is 0.474. The fourth-order valence-corrected chi connectivity index (χ4v) is 4.20. The number of hydrogen-bond acceptors (Lipinski definition) is 5. The number of hydrogen-bond donors (Lipinski definition) is 0. The lowest BCUT2D eigenvalue weighted by atomic mass is 10.5. The topological polar surface area (TPSA) is 84.7 Å². The molecule has 0 aliphatic rings. The van der Waals surface area contributed by atoms with Crippen molar-refractivity contribution in [2.45, 2.75) is 10.8 Å². The molecule has 110 valence electrons. The van der Waals surface area contributed by atoms with Crippen molar-refractivity contribution in [2.24, 2.45) is 0 Å². The van der Waals surface area contributed by atoms with E-state index < -0.39 is 19.9 Å². The summed E-state index contributed by atoms with van der Waals surface area (Å²) in [6.45, 7) is -0.130. The van der Waals surface area contributed by atoms with Crippen LogP contribution in [0.2, 0.25) is 0 Å². The number of nitrogens with zero attached hydrogens (tertiary/aromatic N) is 1. The maximum absolute atomic E-state index is 12.2. The molecule has 0 atom stereocenters. The number of alkyl halides is 1. The minimum absolute atomic E-state index is 0.0428. The monoisotopic (exact) mass is 393 g/mol. The Hall–Kier alpha value is -0.0900. The molecule has 0 aliphatic carbocycles. The molecular weight excluding hydrogens is 382 g/mol. The molecule has 0 N–H and O–H groups in total. The lowest BCUT2D eigenvalue weighted by Gasteiger charge is -2.15. The molecule has 1 aromatic rings. The third-order valence-corrected chi connectivity index (χ3v) is 6.20. The smallest absolute Gasteiger partial charge is 0.247 e. The van der Waals surface area contributed by atoms with Gasteiger partial charge in [-0.3, -0.25) is 0 Å². The third kappa shape index (κ3) is 4.45. The maximum Gasteiger partial charge on any atom is 0.247 e. The molecule has 0 spiro atoms. The van der Waals surface area contributed by atoms with E-state index in [1.54, 1.807) is 0 Å². The molecule has 10 heteroatoms. The van der Waals surface area contributed by atoms with Crippen LogP contribution in [0.3, 0.4) is 0 Å². The summed E-state index contributed by atoms with van der Waals surface area (Å²) in [6, 6.07) is 1.31. The first-order chi connectivity index (χ1) is 8.58. The van der Waals surface area contributed by atoms with E-state index in [1.807, 2.05) is 0 Å². The molecule has 0 aromatic carbocycles. The molecule has 0 bridgehead atoms. The standard InChI is InChI=1S/C9H13BrClNO5S2/c1-12(3-4-18(2,13)14)19(15,16)8-5-7(6-11)17-9(8)10/h5H,3-4,6H2,1-2H3. The van der Waals surface area contributed by atoms with E-state index in [9.17, 15) is 16.8 Å². The Morgan fingerprint density at radius 1 is 1.37 bits per heavy atom. The van der Waals surface area contributed by atoms with Gasteiger partial charge in [0.25, 0.3) is 0 Å². The highest BCUT2D eigenvalue weighted by Gasteiger charge is 2.27. The second kappa shape index (κ2) is 6.13. The zero-order valence-electron chi connectivity index (χ0n) is 10.3. The molecule has 0 aliphatic heterocycles. The molecule has 0 unspecified atom stereocenters. The summed E-state index contributed by atoms with van der Waals surface area (Å²) in [6.07, 6.45) is 1.05. The molecule has 0 fully saturated rings. The fourth-order valence-electron chi connectivity index (χ4n) is 1.22. The molecule has 1 aromatic heterocycles. The van der Waals surface area contributed by atoms with Crippen LogP contribution in [0, 0.1) is 0 Å². The molecule has 1 heterocycles. The van der Waals surface area contributed by atoms with E-state index in [4.69, 9.17) is 16.0 Å². The van der Waals surface area contributed by atoms with Crippen LogP contribution >= 0.6 is 27.5 Å². The van der Waals surface area contributed by atoms with E-state index in [0.29, 0.717) is 5.76 Å². The first-order valence-electron chi connectivity index (χ1n) is 5.06. The van der Waals surface area contributed by atoms with Crippen LogP contribution in [0.4, 0.5) is 0 Å². The van der Waals surface area contributed by atoms with Crippen molar-refractivity contribution in [3.8, 4) is 0 Å². The van der Waals surface area contributed by atoms with Crippen molar-refractivity contribution < 1.29 is 21.3 Å². The van der Waals surface area contributed by atoms with Crippen LogP contribution in [0.25, 0.3) is 0 Å². The number of sulfonamides is 1. The quantitative estimate of drug-likeness (QED) is 0.682. The molecule has 0 amide bonds. The normalized spacial score (nSPS) is 13.1. The number of furan rings is 1. The Bertz CT molecular complexity index is 652. The summed E-state index contributed by atoms with van der Waals surface area (Å²) < 4.78 is 52.6. The van der Waals surface area contributed by atoms with Crippen LogP contribution in [0.1, 0.15) is 5.76 Å². The highest BCUT2D eigenvalue weighted by molar-refractivity contribution is 9.10. The van der Waals surface area contributed by atoms with Gasteiger partial charge in [0.1, 0.15) is 20.5 Å². The van der Waals surface area contributed by atoms with Crippen molar-refractivity contribution in [3.05, 3.63) is 16.5 Å². The summed E-state index contributed by atoms with van der Waals surface area (Å²) in [5, 5.41) is 0. The number of rotatable bonds is 6. The van der Waals surface area contributed by atoms with Gasteiger partial charge in [0, 0.05) is 25.9 Å². The van der Waals surface area contributed by atoms with Gasteiger partial charge in [-0.15, -0.1) is 11.6 Å². The number of halogens is 2. The predicted molar refractivity (Wildman–Crippen MR) is 75.5 cm³/mol. The van der Waals surface area contributed by atoms with Gasteiger partial charge in [0.15, 0.2) is 4.67 Å². The fraction of sp³-hybridized carbons (Fsp3) is 0.556. The van der Waals surface area contributed by atoms with Crippen molar-refractivity contribution in [2.75, 3.05) is 25.6 Å². The predicted octanol–water partition coefficient (Wildman–Crippen LogP) is 1.45. The third-order valence-electron chi connectivity index (χ3n) is 2.30. The Morgan fingerprint density at radius 3 is 2.37 bits per heavy atom. The first-order valence-corrected chi connectivity index (χ1v) is 9.89. The summed E-state index contributed by atoms with van der Waals surface area (Å²) in [5.74, 6) is 0.102. The average Bonchev–Trinajstić information content (AvgIpc) is 2.67. The van der Waals surface area contributed by atoms with Gasteiger partial charge in [0.2, 0.25) is 10.0 Å². The van der Waals surface area contributed by atoms with Gasteiger partial charge >= 0.3 is 0 Å². The van der Waals surface area contributed by atoms with Crippen molar-refractivity contribution >= 4 is 47.4 Å². The Kier molecular flexibility index (Phi) is 5.47. The molecule has 0 radical (unpaired) electrons. The Morgan fingerprint density at radius 2 is 1.95 bits per heavy atom. The van der Waals surface area contributed by atoms with Gasteiger partial charge in [-0.1, -0.05) is 0 Å². The van der Waals surface area contributed by atoms with E-state index in [0.717, 1.165) is 10.6 Å². The summed E-state index contributed by atoms with van der Waals surface area (Å²) >= 11 is 8.56. The van der Waals surface area contributed by atoms with E-state index >= 15 is 0 Å². The van der Waals surface area contributed by atoms with Crippen molar-refractivity contribution in [1.82, 2.24) is 4.31 Å². The molecular formula is C9H13BrClNO5S2. The average molecular weight is 395 g/mol. The van der Waals surface area contributed by atoms with Crippen LogP contribution in [0.5, 0.6) is 0 Å². The van der Waals surface area contributed by atoms with Gasteiger partial charge in [-0.25, -0.2) is 16.8 Å². The van der Waals surface area contributed by atoms with Gasteiger partial charge in [-0.2, -0.15) is 4.31 Å². The van der Waals surface area contributed by atoms with Crippen molar-refractivity contribution in [3.63, 3.8) is 0 Å². The zero-order valence-corrected chi connectivity index (χ0v) is 14.2. The minimum atomic E-state index is -3.81. The Balaban J connectivity index is 2.99. The van der Waals surface area contributed by atoms with Crippen LogP contribution < -0.4 is 0 Å². The second-order valence-corrected chi connectivity index (χ2v) is 9.20. The summed E-state index contributed by atoms with van der Waals surface area (Å²) in [4.78, 5) is -0.0702. The molecule has 6 nitrogen and oxygen atoms in total. The summed E-state index contributed by atoms with van der Waals surface area (Å²) in [7, 11) is -5.74. The molecule has 1 rings (SSSR count). The van der Waals surface area contributed by atoms with Gasteiger partial charge in [-0.05, 0) is 15.9 Å². The van der Waals surface area contributed by atoms with Gasteiger partial charge < -0.3 is 4.42 Å². The number of sulfone groups is 1. The molecule has 0 saturated carbocycles. The SMILES string of the molecule is CN(CCS(C)(=O)=O)S(=O)(=O)c1cc(CCl)oc1Br. The second-order valence-electron chi connectivity index (χ2n) is 3.94.